The van der Waals surface area contributed by atoms with E-state index in [4.69, 9.17) is 0 Å². The van der Waals surface area contributed by atoms with Crippen LogP contribution in [0.4, 0.5) is 0 Å². The van der Waals surface area contributed by atoms with E-state index in [-0.39, 0.29) is 17.4 Å². The highest BCUT2D eigenvalue weighted by atomic mass is 16.2. The van der Waals surface area contributed by atoms with Crippen molar-refractivity contribution in [1.29, 1.82) is 0 Å². The van der Waals surface area contributed by atoms with Gasteiger partial charge in [-0.15, -0.1) is 0 Å². The fourth-order valence-corrected chi connectivity index (χ4v) is 3.72. The van der Waals surface area contributed by atoms with Crippen LogP contribution in [0.15, 0.2) is 24.3 Å². The average Bonchev–Trinajstić information content (AvgIpc) is 3.00. The second kappa shape index (κ2) is 5.80. The number of hydrogen-bond acceptors (Lipinski definition) is 2. The van der Waals surface area contributed by atoms with E-state index in [9.17, 15) is 4.79 Å². The number of rotatable bonds is 3. The summed E-state index contributed by atoms with van der Waals surface area (Å²) >= 11 is 0. The molecule has 114 valence electrons. The number of aryl methyl sites for hydroxylation is 1. The summed E-state index contributed by atoms with van der Waals surface area (Å²) in [5.41, 5.74) is 3.01. The minimum Gasteiger partial charge on any atom is -0.342 e. The minimum absolute atomic E-state index is 0.194. The second-order valence-electron chi connectivity index (χ2n) is 7.09. The quantitative estimate of drug-likeness (QED) is 0.926. The maximum Gasteiger partial charge on any atom is 0.236 e. The lowest BCUT2D eigenvalue weighted by molar-refractivity contribution is -0.129. The number of likely N-dealkylation sites (tertiary alicyclic amines) is 1. The Balaban J connectivity index is 1.72. The van der Waals surface area contributed by atoms with Crippen LogP contribution in [-0.4, -0.2) is 30.4 Å². The van der Waals surface area contributed by atoms with Gasteiger partial charge in [0.15, 0.2) is 0 Å². The highest BCUT2D eigenvalue weighted by Crippen LogP contribution is 2.43. The van der Waals surface area contributed by atoms with Gasteiger partial charge < -0.3 is 10.2 Å². The summed E-state index contributed by atoms with van der Waals surface area (Å²) in [5.74, 6) is 0.256. The molecule has 2 aliphatic rings. The lowest BCUT2D eigenvalue weighted by Crippen LogP contribution is -2.43. The van der Waals surface area contributed by atoms with Gasteiger partial charge in [0, 0.05) is 19.1 Å². The van der Waals surface area contributed by atoms with E-state index < -0.39 is 0 Å². The van der Waals surface area contributed by atoms with Crippen LogP contribution >= 0.6 is 0 Å². The number of amides is 1. The molecule has 0 saturated carbocycles. The van der Waals surface area contributed by atoms with E-state index >= 15 is 0 Å². The van der Waals surface area contributed by atoms with Crippen molar-refractivity contribution in [2.75, 3.05) is 19.6 Å². The van der Waals surface area contributed by atoms with Gasteiger partial charge in [-0.25, -0.2) is 0 Å². The predicted molar refractivity (Wildman–Crippen MR) is 85.1 cm³/mol. The molecule has 0 aromatic heterocycles. The molecule has 0 bridgehead atoms. The number of carbonyl (C=O) groups is 1. The molecular weight excluding hydrogens is 260 g/mol. The Hall–Kier alpha value is -1.35. The number of hydrogen-bond donors (Lipinski definition) is 1. The molecule has 0 spiro atoms. The monoisotopic (exact) mass is 286 g/mol. The molecule has 1 saturated heterocycles. The first-order valence-corrected chi connectivity index (χ1v) is 8.17. The maximum absolute atomic E-state index is 12.3. The molecule has 1 aliphatic carbocycles. The number of nitrogens with zero attached hydrogens (tertiary/aromatic N) is 1. The topological polar surface area (TPSA) is 32.3 Å². The van der Waals surface area contributed by atoms with Crippen molar-refractivity contribution in [2.24, 2.45) is 5.41 Å². The molecule has 1 heterocycles. The van der Waals surface area contributed by atoms with Crippen LogP contribution in [0, 0.1) is 5.41 Å². The van der Waals surface area contributed by atoms with Crippen LogP contribution in [0.2, 0.25) is 0 Å². The third kappa shape index (κ3) is 2.98. The van der Waals surface area contributed by atoms with Crippen LogP contribution in [0.1, 0.15) is 50.3 Å². The van der Waals surface area contributed by atoms with Crippen LogP contribution < -0.4 is 5.32 Å². The lowest BCUT2D eigenvalue weighted by Gasteiger charge is -2.40. The summed E-state index contributed by atoms with van der Waals surface area (Å²) < 4.78 is 0. The number of benzene rings is 1. The molecule has 1 atom stereocenters. The van der Waals surface area contributed by atoms with E-state index in [2.05, 4.69) is 43.4 Å². The summed E-state index contributed by atoms with van der Waals surface area (Å²) in [4.78, 5) is 14.3. The zero-order valence-electron chi connectivity index (χ0n) is 13.2. The molecule has 3 rings (SSSR count). The number of carbonyl (C=O) groups excluding carboxylic acids is 1. The minimum atomic E-state index is 0.194. The van der Waals surface area contributed by atoms with Crippen LogP contribution in [0.25, 0.3) is 0 Å². The van der Waals surface area contributed by atoms with Crippen molar-refractivity contribution in [3.8, 4) is 0 Å². The van der Waals surface area contributed by atoms with Crippen molar-refractivity contribution >= 4 is 5.91 Å². The van der Waals surface area contributed by atoms with Gasteiger partial charge in [-0.2, -0.15) is 0 Å². The highest BCUT2D eigenvalue weighted by Gasteiger charge is 2.35. The van der Waals surface area contributed by atoms with Gasteiger partial charge >= 0.3 is 0 Å². The van der Waals surface area contributed by atoms with Gasteiger partial charge in [0.25, 0.3) is 0 Å². The second-order valence-corrected chi connectivity index (χ2v) is 7.09. The Labute approximate surface area is 127 Å². The van der Waals surface area contributed by atoms with Gasteiger partial charge in [0.05, 0.1) is 6.54 Å². The van der Waals surface area contributed by atoms with Gasteiger partial charge in [-0.3, -0.25) is 4.79 Å². The number of fused-ring (bicyclic) bond motifs is 1. The first-order valence-electron chi connectivity index (χ1n) is 8.17. The predicted octanol–water partition coefficient (Wildman–Crippen LogP) is 2.91. The molecule has 1 aliphatic heterocycles. The molecule has 1 N–H and O–H groups in total. The third-order valence-electron chi connectivity index (χ3n) is 5.10. The fourth-order valence-electron chi connectivity index (χ4n) is 3.72. The SMILES string of the molecule is CC1(C)CCc2ccccc2C1NCC(=O)N1CCCC1. The Kier molecular flexibility index (Phi) is 4.03. The Morgan fingerprint density at radius 3 is 2.76 bits per heavy atom. The van der Waals surface area contributed by atoms with E-state index in [1.165, 1.54) is 17.5 Å². The molecule has 1 amide bonds. The molecule has 1 fully saturated rings. The third-order valence-corrected chi connectivity index (χ3v) is 5.10. The Morgan fingerprint density at radius 1 is 1.29 bits per heavy atom. The van der Waals surface area contributed by atoms with Crippen molar-refractivity contribution in [3.05, 3.63) is 35.4 Å². The average molecular weight is 286 g/mol. The summed E-state index contributed by atoms with van der Waals surface area (Å²) in [5, 5.41) is 3.55. The maximum atomic E-state index is 12.3. The van der Waals surface area contributed by atoms with Crippen molar-refractivity contribution in [3.63, 3.8) is 0 Å². The van der Waals surface area contributed by atoms with E-state index in [1.807, 2.05) is 4.90 Å². The normalized spacial score (nSPS) is 23.9. The smallest absolute Gasteiger partial charge is 0.236 e. The molecule has 3 heteroatoms. The molecule has 0 radical (unpaired) electrons. The molecule has 21 heavy (non-hydrogen) atoms. The van der Waals surface area contributed by atoms with E-state index in [1.54, 1.807) is 0 Å². The molecule has 3 nitrogen and oxygen atoms in total. The van der Waals surface area contributed by atoms with E-state index in [0.717, 1.165) is 32.4 Å². The van der Waals surface area contributed by atoms with Crippen LogP contribution in [0.5, 0.6) is 0 Å². The summed E-state index contributed by atoms with van der Waals surface area (Å²) in [6.07, 6.45) is 4.62. The zero-order valence-corrected chi connectivity index (χ0v) is 13.2. The molecule has 1 unspecified atom stereocenters. The molecular formula is C18H26N2O. The zero-order chi connectivity index (χ0) is 14.9. The first kappa shape index (κ1) is 14.6. The van der Waals surface area contributed by atoms with Gasteiger partial charge in [-0.1, -0.05) is 38.1 Å². The summed E-state index contributed by atoms with van der Waals surface area (Å²) in [6, 6.07) is 8.94. The summed E-state index contributed by atoms with van der Waals surface area (Å²) in [7, 11) is 0. The van der Waals surface area contributed by atoms with E-state index in [0.29, 0.717) is 6.54 Å². The Morgan fingerprint density at radius 2 is 2.00 bits per heavy atom. The van der Waals surface area contributed by atoms with Crippen molar-refractivity contribution in [1.82, 2.24) is 10.2 Å². The first-order chi connectivity index (χ1) is 10.1. The number of nitrogens with one attached hydrogen (secondary N) is 1. The van der Waals surface area contributed by atoms with Crippen LogP contribution in [-0.2, 0) is 11.2 Å². The molecule has 1 aromatic carbocycles. The van der Waals surface area contributed by atoms with Crippen LogP contribution in [0.3, 0.4) is 0 Å². The van der Waals surface area contributed by atoms with Crippen molar-refractivity contribution in [2.45, 2.75) is 45.6 Å². The lowest BCUT2D eigenvalue weighted by atomic mass is 9.70. The molecule has 1 aromatic rings. The fraction of sp³-hybridized carbons (Fsp3) is 0.611. The largest absolute Gasteiger partial charge is 0.342 e. The van der Waals surface area contributed by atoms with Crippen molar-refractivity contribution < 1.29 is 4.79 Å². The standard InChI is InChI=1S/C18H26N2O/c1-18(2)10-9-14-7-3-4-8-15(14)17(18)19-13-16(21)20-11-5-6-12-20/h3-4,7-8,17,19H,5-6,9-13H2,1-2H3. The highest BCUT2D eigenvalue weighted by molar-refractivity contribution is 5.78. The van der Waals surface area contributed by atoms with Gasteiger partial charge in [0.1, 0.15) is 0 Å². The van der Waals surface area contributed by atoms with Gasteiger partial charge in [-0.05, 0) is 42.2 Å². The summed E-state index contributed by atoms with van der Waals surface area (Å²) in [6.45, 7) is 6.95. The van der Waals surface area contributed by atoms with Gasteiger partial charge in [0.2, 0.25) is 5.91 Å². The Bertz CT molecular complexity index is 518.